The lowest BCUT2D eigenvalue weighted by atomic mass is 10.1. The SMILES string of the molecule is Cn1ccnc1CNC(=O)CCc1ccncc1. The second-order valence-corrected chi connectivity index (χ2v) is 4.09. The topological polar surface area (TPSA) is 59.8 Å². The van der Waals surface area contributed by atoms with Gasteiger partial charge in [0.2, 0.25) is 5.91 Å². The van der Waals surface area contributed by atoms with Crippen molar-refractivity contribution in [2.75, 3.05) is 0 Å². The molecule has 2 rings (SSSR count). The lowest BCUT2D eigenvalue weighted by Gasteiger charge is -2.05. The van der Waals surface area contributed by atoms with Gasteiger partial charge in [0.15, 0.2) is 0 Å². The lowest BCUT2D eigenvalue weighted by molar-refractivity contribution is -0.121. The minimum atomic E-state index is 0.0369. The second kappa shape index (κ2) is 5.95. The van der Waals surface area contributed by atoms with Crippen LogP contribution in [0.25, 0.3) is 0 Å². The smallest absolute Gasteiger partial charge is 0.220 e. The molecule has 0 fully saturated rings. The van der Waals surface area contributed by atoms with Crippen LogP contribution in [0.5, 0.6) is 0 Å². The van der Waals surface area contributed by atoms with Gasteiger partial charge in [-0.25, -0.2) is 4.98 Å². The van der Waals surface area contributed by atoms with Crippen molar-refractivity contribution in [2.45, 2.75) is 19.4 Å². The zero-order valence-electron chi connectivity index (χ0n) is 10.3. The molecule has 5 nitrogen and oxygen atoms in total. The number of hydrogen-bond donors (Lipinski definition) is 1. The highest BCUT2D eigenvalue weighted by molar-refractivity contribution is 5.76. The molecule has 0 aromatic carbocycles. The summed E-state index contributed by atoms with van der Waals surface area (Å²) < 4.78 is 1.89. The second-order valence-electron chi connectivity index (χ2n) is 4.09. The summed E-state index contributed by atoms with van der Waals surface area (Å²) in [5, 5.41) is 2.86. The first-order chi connectivity index (χ1) is 8.75. The monoisotopic (exact) mass is 244 g/mol. The largest absolute Gasteiger partial charge is 0.349 e. The van der Waals surface area contributed by atoms with Crippen LogP contribution < -0.4 is 5.32 Å². The van der Waals surface area contributed by atoms with Gasteiger partial charge in [0, 0.05) is 38.3 Å². The Bertz CT molecular complexity index is 507. The van der Waals surface area contributed by atoms with Crippen molar-refractivity contribution in [3.05, 3.63) is 48.3 Å². The van der Waals surface area contributed by atoms with Crippen molar-refractivity contribution in [3.63, 3.8) is 0 Å². The van der Waals surface area contributed by atoms with Crippen LogP contribution in [0.1, 0.15) is 17.8 Å². The molecule has 0 aliphatic carbocycles. The maximum atomic E-state index is 11.7. The van der Waals surface area contributed by atoms with Gasteiger partial charge in [-0.2, -0.15) is 0 Å². The Morgan fingerprint density at radius 1 is 1.33 bits per heavy atom. The number of aromatic nitrogens is 3. The number of pyridine rings is 1. The summed E-state index contributed by atoms with van der Waals surface area (Å²) in [6.07, 6.45) is 8.27. The Labute approximate surface area is 106 Å². The van der Waals surface area contributed by atoms with Crippen LogP contribution in [0, 0.1) is 0 Å². The van der Waals surface area contributed by atoms with Gasteiger partial charge in [0.1, 0.15) is 5.82 Å². The maximum absolute atomic E-state index is 11.7. The molecular formula is C13H16N4O. The minimum absolute atomic E-state index is 0.0369. The predicted octanol–water partition coefficient (Wildman–Crippen LogP) is 1.06. The van der Waals surface area contributed by atoms with E-state index >= 15 is 0 Å². The number of imidazole rings is 1. The van der Waals surface area contributed by atoms with Crippen molar-refractivity contribution in [2.24, 2.45) is 7.05 Å². The van der Waals surface area contributed by atoms with Crippen LogP contribution in [0.3, 0.4) is 0 Å². The number of amides is 1. The minimum Gasteiger partial charge on any atom is -0.349 e. The Balaban J connectivity index is 1.75. The molecule has 0 radical (unpaired) electrons. The highest BCUT2D eigenvalue weighted by atomic mass is 16.1. The van der Waals surface area contributed by atoms with E-state index in [9.17, 15) is 4.79 Å². The first-order valence-electron chi connectivity index (χ1n) is 5.87. The van der Waals surface area contributed by atoms with Crippen LogP contribution in [-0.2, 0) is 24.8 Å². The van der Waals surface area contributed by atoms with E-state index in [1.165, 1.54) is 0 Å². The fourth-order valence-electron chi connectivity index (χ4n) is 1.64. The summed E-state index contributed by atoms with van der Waals surface area (Å²) in [5.74, 6) is 0.891. The molecule has 0 unspecified atom stereocenters. The first-order valence-corrected chi connectivity index (χ1v) is 5.87. The molecule has 0 atom stereocenters. The summed E-state index contributed by atoms with van der Waals surface area (Å²) in [6.45, 7) is 0.471. The molecule has 1 N–H and O–H groups in total. The van der Waals surface area contributed by atoms with Crippen molar-refractivity contribution in [1.29, 1.82) is 0 Å². The Morgan fingerprint density at radius 3 is 2.78 bits per heavy atom. The van der Waals surface area contributed by atoms with Gasteiger partial charge in [-0.15, -0.1) is 0 Å². The van der Waals surface area contributed by atoms with Crippen molar-refractivity contribution in [1.82, 2.24) is 19.9 Å². The molecule has 2 aromatic heterocycles. The predicted molar refractivity (Wildman–Crippen MR) is 67.6 cm³/mol. The van der Waals surface area contributed by atoms with Gasteiger partial charge in [0.25, 0.3) is 0 Å². The molecule has 0 saturated carbocycles. The molecule has 5 heteroatoms. The fourth-order valence-corrected chi connectivity index (χ4v) is 1.64. The van der Waals surface area contributed by atoms with E-state index in [4.69, 9.17) is 0 Å². The molecule has 0 spiro atoms. The van der Waals surface area contributed by atoms with Crippen molar-refractivity contribution >= 4 is 5.91 Å². The Kier molecular flexibility index (Phi) is 4.06. The lowest BCUT2D eigenvalue weighted by Crippen LogP contribution is -2.24. The number of carbonyl (C=O) groups is 1. The van der Waals surface area contributed by atoms with Gasteiger partial charge >= 0.3 is 0 Å². The van der Waals surface area contributed by atoms with Crippen LogP contribution in [-0.4, -0.2) is 20.4 Å². The molecular weight excluding hydrogens is 228 g/mol. The quantitative estimate of drug-likeness (QED) is 0.855. The molecule has 2 heterocycles. The zero-order valence-corrected chi connectivity index (χ0v) is 10.3. The van der Waals surface area contributed by atoms with Crippen molar-refractivity contribution in [3.8, 4) is 0 Å². The molecule has 1 amide bonds. The number of rotatable bonds is 5. The van der Waals surface area contributed by atoms with E-state index in [1.54, 1.807) is 18.6 Å². The molecule has 0 aliphatic rings. The fraction of sp³-hybridized carbons (Fsp3) is 0.308. The molecule has 18 heavy (non-hydrogen) atoms. The maximum Gasteiger partial charge on any atom is 0.220 e. The molecule has 2 aromatic rings. The van der Waals surface area contributed by atoms with Crippen LogP contribution in [0.4, 0.5) is 0 Å². The van der Waals surface area contributed by atoms with Gasteiger partial charge in [-0.05, 0) is 24.1 Å². The van der Waals surface area contributed by atoms with E-state index in [-0.39, 0.29) is 5.91 Å². The average molecular weight is 244 g/mol. The highest BCUT2D eigenvalue weighted by Crippen LogP contribution is 2.01. The van der Waals surface area contributed by atoms with E-state index in [0.717, 1.165) is 17.8 Å². The molecule has 0 bridgehead atoms. The first kappa shape index (κ1) is 12.3. The highest BCUT2D eigenvalue weighted by Gasteiger charge is 2.04. The average Bonchev–Trinajstić information content (AvgIpc) is 2.81. The third kappa shape index (κ3) is 3.41. The van der Waals surface area contributed by atoms with Crippen LogP contribution in [0.15, 0.2) is 36.9 Å². The summed E-state index contributed by atoms with van der Waals surface area (Å²) in [4.78, 5) is 19.7. The summed E-state index contributed by atoms with van der Waals surface area (Å²) >= 11 is 0. The van der Waals surface area contributed by atoms with Crippen LogP contribution >= 0.6 is 0 Å². The Hall–Kier alpha value is -2.17. The normalized spacial score (nSPS) is 10.3. The van der Waals surface area contributed by atoms with Gasteiger partial charge < -0.3 is 9.88 Å². The summed E-state index contributed by atoms with van der Waals surface area (Å²) in [7, 11) is 1.91. The van der Waals surface area contributed by atoms with E-state index in [0.29, 0.717) is 13.0 Å². The number of carbonyl (C=O) groups excluding carboxylic acids is 1. The number of hydrogen-bond acceptors (Lipinski definition) is 3. The molecule has 0 aliphatic heterocycles. The van der Waals surface area contributed by atoms with E-state index in [2.05, 4.69) is 15.3 Å². The number of nitrogens with one attached hydrogen (secondary N) is 1. The van der Waals surface area contributed by atoms with Crippen molar-refractivity contribution < 1.29 is 4.79 Å². The van der Waals surface area contributed by atoms with E-state index in [1.807, 2.05) is 29.9 Å². The van der Waals surface area contributed by atoms with Crippen LogP contribution in [0.2, 0.25) is 0 Å². The van der Waals surface area contributed by atoms with E-state index < -0.39 is 0 Å². The standard InChI is InChI=1S/C13H16N4O/c1-17-9-8-15-12(17)10-16-13(18)3-2-11-4-6-14-7-5-11/h4-9H,2-3,10H2,1H3,(H,16,18). The van der Waals surface area contributed by atoms with Gasteiger partial charge in [-0.3, -0.25) is 9.78 Å². The number of aryl methyl sites for hydroxylation is 2. The third-order valence-corrected chi connectivity index (χ3v) is 2.75. The van der Waals surface area contributed by atoms with Gasteiger partial charge in [-0.1, -0.05) is 0 Å². The summed E-state index contributed by atoms with van der Waals surface area (Å²) in [5.41, 5.74) is 1.12. The Morgan fingerprint density at radius 2 is 2.11 bits per heavy atom. The third-order valence-electron chi connectivity index (χ3n) is 2.75. The summed E-state index contributed by atoms with van der Waals surface area (Å²) in [6, 6.07) is 3.85. The molecule has 0 saturated heterocycles. The molecule has 94 valence electrons. The zero-order chi connectivity index (χ0) is 12.8. The van der Waals surface area contributed by atoms with Gasteiger partial charge in [0.05, 0.1) is 6.54 Å². The number of nitrogens with zero attached hydrogens (tertiary/aromatic N) is 3.